The summed E-state index contributed by atoms with van der Waals surface area (Å²) in [5, 5.41) is 10.9. The second kappa shape index (κ2) is 7.62. The number of likely N-dealkylation sites (tertiary alicyclic amines) is 2. The Morgan fingerprint density at radius 3 is 2.43 bits per heavy atom. The van der Waals surface area contributed by atoms with Crippen LogP contribution in [0.5, 0.6) is 0 Å². The van der Waals surface area contributed by atoms with E-state index in [4.69, 9.17) is 5.73 Å². The van der Waals surface area contributed by atoms with Crippen LogP contribution in [-0.2, 0) is 16.6 Å². The fourth-order valence-electron chi connectivity index (χ4n) is 4.01. The van der Waals surface area contributed by atoms with Gasteiger partial charge in [0.05, 0.1) is 17.1 Å². The van der Waals surface area contributed by atoms with Crippen molar-refractivity contribution in [1.82, 2.24) is 9.80 Å². The Labute approximate surface area is 161 Å². The van der Waals surface area contributed by atoms with Crippen molar-refractivity contribution in [2.75, 3.05) is 26.2 Å². The summed E-state index contributed by atoms with van der Waals surface area (Å²) in [6.07, 6.45) is -2.80. The number of primary amides is 1. The Morgan fingerprint density at radius 2 is 1.82 bits per heavy atom. The molecule has 0 spiro atoms. The molecule has 0 radical (unpaired) electrons. The second-order valence-electron chi connectivity index (χ2n) is 7.56. The summed E-state index contributed by atoms with van der Waals surface area (Å²) in [4.78, 5) is 27.2. The quantitative estimate of drug-likeness (QED) is 0.800. The molecule has 2 aliphatic rings. The van der Waals surface area contributed by atoms with Gasteiger partial charge in [-0.1, -0.05) is 12.1 Å². The Hall–Kier alpha value is -2.29. The third kappa shape index (κ3) is 4.24. The molecule has 0 aromatic heterocycles. The van der Waals surface area contributed by atoms with Crippen molar-refractivity contribution in [2.24, 2.45) is 11.7 Å². The SMILES string of the molecule is NC(=O)N1CCCC(C(=O)N2CCC(O)(c3cccc(C(F)(F)F)c3)CC2)C1. The fraction of sp³-hybridized carbons (Fsp3) is 0.579. The minimum absolute atomic E-state index is 0.1000. The highest BCUT2D eigenvalue weighted by Gasteiger charge is 2.39. The molecular weight excluding hydrogens is 375 g/mol. The molecule has 1 aromatic rings. The molecule has 2 aliphatic heterocycles. The summed E-state index contributed by atoms with van der Waals surface area (Å²) in [7, 11) is 0. The molecule has 1 atom stereocenters. The predicted octanol–water partition coefficient (Wildman–Crippen LogP) is 2.31. The monoisotopic (exact) mass is 399 g/mol. The lowest BCUT2D eigenvalue weighted by Crippen LogP contribution is -2.51. The van der Waals surface area contributed by atoms with Crippen molar-refractivity contribution in [2.45, 2.75) is 37.5 Å². The molecule has 1 aromatic carbocycles. The lowest BCUT2D eigenvalue weighted by molar-refractivity contribution is -0.141. The first kappa shape index (κ1) is 20.4. The van der Waals surface area contributed by atoms with Gasteiger partial charge in [-0.05, 0) is 43.4 Å². The molecule has 2 saturated heterocycles. The van der Waals surface area contributed by atoms with Crippen molar-refractivity contribution in [1.29, 1.82) is 0 Å². The van der Waals surface area contributed by atoms with Crippen LogP contribution in [0.4, 0.5) is 18.0 Å². The number of carbonyl (C=O) groups excluding carboxylic acids is 2. The van der Waals surface area contributed by atoms with E-state index in [-0.39, 0.29) is 49.9 Å². The lowest BCUT2D eigenvalue weighted by atomic mass is 9.83. The van der Waals surface area contributed by atoms with E-state index in [0.29, 0.717) is 19.4 Å². The number of amides is 3. The largest absolute Gasteiger partial charge is 0.416 e. The van der Waals surface area contributed by atoms with Gasteiger partial charge in [0.15, 0.2) is 0 Å². The third-order valence-corrected chi connectivity index (χ3v) is 5.71. The predicted molar refractivity (Wildman–Crippen MR) is 95.0 cm³/mol. The number of nitrogens with two attached hydrogens (primary N) is 1. The number of hydrogen-bond donors (Lipinski definition) is 2. The molecule has 154 valence electrons. The number of aliphatic hydroxyl groups is 1. The Kier molecular flexibility index (Phi) is 5.56. The molecule has 3 amide bonds. The molecule has 6 nitrogen and oxygen atoms in total. The summed E-state index contributed by atoms with van der Waals surface area (Å²) in [5.41, 5.74) is 3.32. The van der Waals surface area contributed by atoms with Crippen molar-refractivity contribution in [3.05, 3.63) is 35.4 Å². The van der Waals surface area contributed by atoms with Crippen molar-refractivity contribution in [3.63, 3.8) is 0 Å². The first-order valence-corrected chi connectivity index (χ1v) is 9.33. The van der Waals surface area contributed by atoms with E-state index in [1.165, 1.54) is 17.0 Å². The van der Waals surface area contributed by atoms with Gasteiger partial charge in [-0.3, -0.25) is 4.79 Å². The summed E-state index contributed by atoms with van der Waals surface area (Å²) in [6.45, 7) is 1.31. The van der Waals surface area contributed by atoms with E-state index < -0.39 is 23.4 Å². The van der Waals surface area contributed by atoms with E-state index in [9.17, 15) is 27.9 Å². The van der Waals surface area contributed by atoms with E-state index in [2.05, 4.69) is 0 Å². The molecule has 2 fully saturated rings. The number of alkyl halides is 3. The van der Waals surface area contributed by atoms with Gasteiger partial charge in [0, 0.05) is 26.2 Å². The van der Waals surface area contributed by atoms with Gasteiger partial charge >= 0.3 is 12.2 Å². The Balaban J connectivity index is 1.65. The van der Waals surface area contributed by atoms with E-state index in [1.54, 1.807) is 4.90 Å². The summed E-state index contributed by atoms with van der Waals surface area (Å²) in [6, 6.07) is 4.17. The number of hydrogen-bond acceptors (Lipinski definition) is 3. The van der Waals surface area contributed by atoms with Gasteiger partial charge in [0.25, 0.3) is 0 Å². The highest BCUT2D eigenvalue weighted by Crippen LogP contribution is 2.37. The highest BCUT2D eigenvalue weighted by molar-refractivity contribution is 5.80. The van der Waals surface area contributed by atoms with Crippen molar-refractivity contribution < 1.29 is 27.9 Å². The normalized spacial score (nSPS) is 22.8. The van der Waals surface area contributed by atoms with E-state index >= 15 is 0 Å². The van der Waals surface area contributed by atoms with Crippen LogP contribution < -0.4 is 5.73 Å². The van der Waals surface area contributed by atoms with Crippen LogP contribution in [-0.4, -0.2) is 53.0 Å². The number of carbonyl (C=O) groups is 2. The van der Waals surface area contributed by atoms with E-state index in [0.717, 1.165) is 12.1 Å². The van der Waals surface area contributed by atoms with Crippen LogP contribution in [0, 0.1) is 5.92 Å². The average Bonchev–Trinajstić information content (AvgIpc) is 2.67. The zero-order valence-electron chi connectivity index (χ0n) is 15.4. The van der Waals surface area contributed by atoms with Gasteiger partial charge in [-0.2, -0.15) is 13.2 Å². The first-order chi connectivity index (χ1) is 13.1. The van der Waals surface area contributed by atoms with Crippen LogP contribution >= 0.6 is 0 Å². The molecule has 0 bridgehead atoms. The molecular formula is C19H24F3N3O3. The molecule has 0 aliphatic carbocycles. The van der Waals surface area contributed by atoms with Gasteiger partial charge in [-0.25, -0.2) is 4.79 Å². The standard InChI is InChI=1S/C19H24F3N3O3/c20-19(21,22)15-5-1-4-14(11-15)18(28)6-9-24(10-7-18)16(26)13-3-2-8-25(12-13)17(23)27/h1,4-5,11,13,28H,2-3,6-10,12H2,(H2,23,27). The van der Waals surface area contributed by atoms with Gasteiger partial charge < -0.3 is 20.6 Å². The Morgan fingerprint density at radius 1 is 1.14 bits per heavy atom. The van der Waals surface area contributed by atoms with Crippen LogP contribution in [0.2, 0.25) is 0 Å². The Bertz CT molecular complexity index is 745. The molecule has 0 saturated carbocycles. The molecule has 2 heterocycles. The maximum Gasteiger partial charge on any atom is 0.416 e. The van der Waals surface area contributed by atoms with Crippen LogP contribution in [0.3, 0.4) is 0 Å². The topological polar surface area (TPSA) is 86.9 Å². The highest BCUT2D eigenvalue weighted by atomic mass is 19.4. The van der Waals surface area contributed by atoms with Crippen LogP contribution in [0.1, 0.15) is 36.8 Å². The minimum atomic E-state index is -4.48. The zero-order valence-corrected chi connectivity index (χ0v) is 15.4. The zero-order chi connectivity index (χ0) is 20.5. The van der Waals surface area contributed by atoms with Crippen molar-refractivity contribution >= 4 is 11.9 Å². The summed E-state index contributed by atoms with van der Waals surface area (Å²) < 4.78 is 38.9. The number of piperidine rings is 2. The minimum Gasteiger partial charge on any atom is -0.385 e. The summed E-state index contributed by atoms with van der Waals surface area (Å²) in [5.74, 6) is -0.432. The maximum absolute atomic E-state index is 13.0. The first-order valence-electron chi connectivity index (χ1n) is 9.33. The molecule has 3 rings (SSSR count). The molecule has 9 heteroatoms. The average molecular weight is 399 g/mol. The maximum atomic E-state index is 13.0. The molecule has 28 heavy (non-hydrogen) atoms. The van der Waals surface area contributed by atoms with Gasteiger partial charge in [0.2, 0.25) is 5.91 Å². The smallest absolute Gasteiger partial charge is 0.385 e. The van der Waals surface area contributed by atoms with Crippen LogP contribution in [0.25, 0.3) is 0 Å². The number of benzene rings is 1. The van der Waals surface area contributed by atoms with Gasteiger partial charge in [0.1, 0.15) is 0 Å². The van der Waals surface area contributed by atoms with Gasteiger partial charge in [-0.15, -0.1) is 0 Å². The number of rotatable bonds is 2. The fourth-order valence-corrected chi connectivity index (χ4v) is 4.01. The molecule has 3 N–H and O–H groups in total. The van der Waals surface area contributed by atoms with Crippen LogP contribution in [0.15, 0.2) is 24.3 Å². The lowest BCUT2D eigenvalue weighted by Gasteiger charge is -2.41. The van der Waals surface area contributed by atoms with E-state index in [1.807, 2.05) is 0 Å². The van der Waals surface area contributed by atoms with Crippen molar-refractivity contribution in [3.8, 4) is 0 Å². The summed E-state index contributed by atoms with van der Waals surface area (Å²) >= 11 is 0. The number of halogens is 3. The number of urea groups is 1. The number of nitrogens with zero attached hydrogens (tertiary/aromatic N) is 2. The molecule has 1 unspecified atom stereocenters. The third-order valence-electron chi connectivity index (χ3n) is 5.71. The second-order valence-corrected chi connectivity index (χ2v) is 7.56.